The molecule has 0 aliphatic carbocycles. The minimum absolute atomic E-state index is 0.546. The van der Waals surface area contributed by atoms with Gasteiger partial charge in [0.25, 0.3) is 0 Å². The first-order chi connectivity index (χ1) is 11.4. The van der Waals surface area contributed by atoms with Gasteiger partial charge in [0.1, 0.15) is 8.07 Å². The lowest BCUT2D eigenvalue weighted by Gasteiger charge is -2.18. The Bertz CT molecular complexity index is 717. The summed E-state index contributed by atoms with van der Waals surface area (Å²) in [5.41, 5.74) is 8.80. The van der Waals surface area contributed by atoms with Gasteiger partial charge in [0.05, 0.1) is 8.07 Å². The molecule has 0 bridgehead atoms. The molecule has 23 heavy (non-hydrogen) atoms. The lowest BCUT2D eigenvalue weighted by atomic mass is 10.1. The molecule has 0 aliphatic rings. The maximum atomic E-state index is 8.48. The van der Waals surface area contributed by atoms with E-state index in [0.717, 1.165) is 22.7 Å². The summed E-state index contributed by atoms with van der Waals surface area (Å²) in [6.07, 6.45) is 2.04. The Morgan fingerprint density at radius 3 is 2.35 bits per heavy atom. The lowest BCUT2D eigenvalue weighted by molar-refractivity contribution is 0.804. The first-order valence-corrected chi connectivity index (χ1v) is 15.5. The maximum Gasteiger partial charge on any atom is 0.129 e. The van der Waals surface area contributed by atoms with Crippen molar-refractivity contribution in [1.82, 2.24) is 0 Å². The molecule has 0 spiro atoms. The predicted octanol–water partition coefficient (Wildman–Crippen LogP) is 6.52. The van der Waals surface area contributed by atoms with Crippen molar-refractivity contribution in [2.45, 2.75) is 65.4 Å². The highest BCUT2D eigenvalue weighted by molar-refractivity contribution is 6.84. The van der Waals surface area contributed by atoms with E-state index in [1.807, 2.05) is 37.3 Å². The smallest absolute Gasteiger partial charge is 0.127 e. The summed E-state index contributed by atoms with van der Waals surface area (Å²) < 4.78 is 17.0. The van der Waals surface area contributed by atoms with Gasteiger partial charge in [0, 0.05) is 8.30 Å². The molecule has 0 unspecified atom stereocenters. The van der Waals surface area contributed by atoms with E-state index in [-0.39, 0.29) is 0 Å². The van der Waals surface area contributed by atoms with Crippen molar-refractivity contribution >= 4 is 22.2 Å². The fraction of sp³-hybridized carbons (Fsp3) is 0.476. The highest BCUT2D eigenvalue weighted by Crippen LogP contribution is 2.20. The highest BCUT2D eigenvalue weighted by Gasteiger charge is 2.18. The van der Waals surface area contributed by atoms with Gasteiger partial charge in [-0.15, -0.1) is 11.3 Å². The zero-order valence-electron chi connectivity index (χ0n) is 17.8. The molecule has 0 fully saturated rings. The van der Waals surface area contributed by atoms with E-state index in [4.69, 9.17) is 2.74 Å². The molecule has 0 saturated heterocycles. The van der Waals surface area contributed by atoms with Gasteiger partial charge in [-0.25, -0.2) is 0 Å². The third kappa shape index (κ3) is 7.70. The van der Waals surface area contributed by atoms with Gasteiger partial charge in [-0.2, -0.15) is 0 Å². The average Bonchev–Trinajstić information content (AvgIpc) is 2.43. The van der Waals surface area contributed by atoms with Gasteiger partial charge in [-0.3, -0.25) is 0 Å². The van der Waals surface area contributed by atoms with Crippen molar-refractivity contribution in [3.63, 3.8) is 0 Å². The molecule has 0 aliphatic heterocycles. The highest BCUT2D eigenvalue weighted by atomic mass is 28.3. The van der Waals surface area contributed by atoms with Crippen LogP contribution in [0, 0.1) is 11.5 Å². The van der Waals surface area contributed by atoms with Crippen LogP contribution < -0.4 is 0 Å². The molecule has 2 heteroatoms. The molecule has 0 amide bonds. The molecule has 1 aromatic carbocycles. The monoisotopic (exact) mass is 342 g/mol. The van der Waals surface area contributed by atoms with Gasteiger partial charge in [0.15, 0.2) is 0 Å². The summed E-state index contributed by atoms with van der Waals surface area (Å²) in [7, 11) is -3.24. The summed E-state index contributed by atoms with van der Waals surface area (Å²) >= 11 is 0. The summed E-state index contributed by atoms with van der Waals surface area (Å²) in [5, 5.41) is 0.856. The maximum absolute atomic E-state index is 8.48. The third-order valence-electron chi connectivity index (χ3n) is 3.21. The van der Waals surface area contributed by atoms with Crippen LogP contribution in [-0.4, -0.2) is 16.1 Å². The minimum Gasteiger partial charge on any atom is -0.127 e. The number of hydrogen-bond acceptors (Lipinski definition) is 0. The molecule has 0 atom stereocenters. The van der Waals surface area contributed by atoms with Crippen molar-refractivity contribution in [3.05, 3.63) is 46.3 Å². The SMILES string of the molecule is [2H]C([2H])(CCC)C(=C=Cc1ccccc1C#C[Si](C)(C)C)[Si](C)(C)C. The van der Waals surface area contributed by atoms with Gasteiger partial charge in [-0.1, -0.05) is 76.7 Å². The number of benzene rings is 1. The molecule has 1 rings (SSSR count). The van der Waals surface area contributed by atoms with Crippen LogP contribution in [-0.2, 0) is 0 Å². The molecule has 0 aromatic heterocycles. The third-order valence-corrected chi connectivity index (χ3v) is 5.90. The Labute approximate surface area is 148 Å². The van der Waals surface area contributed by atoms with Crippen molar-refractivity contribution in [3.8, 4) is 11.5 Å². The molecule has 0 radical (unpaired) electrons. The van der Waals surface area contributed by atoms with Crippen molar-refractivity contribution in [2.75, 3.05) is 0 Å². The molecule has 1 aromatic rings. The van der Waals surface area contributed by atoms with Crippen LogP contribution in [0.5, 0.6) is 0 Å². The Morgan fingerprint density at radius 2 is 1.78 bits per heavy atom. The largest absolute Gasteiger partial charge is 0.129 e. The Hall–Kier alpha value is -1.27. The second-order valence-corrected chi connectivity index (χ2v) is 17.7. The molecule has 0 saturated carbocycles. The van der Waals surface area contributed by atoms with Gasteiger partial charge >= 0.3 is 0 Å². The second-order valence-electron chi connectivity index (χ2n) is 7.93. The Morgan fingerprint density at radius 1 is 1.13 bits per heavy atom. The van der Waals surface area contributed by atoms with Gasteiger partial charge < -0.3 is 0 Å². The molecule has 0 nitrogen and oxygen atoms in total. The summed E-state index contributed by atoms with van der Waals surface area (Å²) in [4.78, 5) is 0. The van der Waals surface area contributed by atoms with Gasteiger partial charge in [0.2, 0.25) is 0 Å². The minimum atomic E-state index is -1.81. The van der Waals surface area contributed by atoms with Crippen LogP contribution in [0.4, 0.5) is 0 Å². The molecule has 0 N–H and O–H groups in total. The van der Waals surface area contributed by atoms with E-state index in [9.17, 15) is 0 Å². The summed E-state index contributed by atoms with van der Waals surface area (Å²) in [5.74, 6) is 3.33. The fourth-order valence-electron chi connectivity index (χ4n) is 1.92. The zero-order valence-corrected chi connectivity index (χ0v) is 17.8. The Kier molecular flexibility index (Phi) is 6.16. The van der Waals surface area contributed by atoms with E-state index in [2.05, 4.69) is 56.5 Å². The standard InChI is InChI=1S/C21H32Si2/c1-8-9-14-21(23(5,6)7)16-15-19-12-10-11-13-20(19)17-18-22(2,3)4/h10-13,15H,8-9,14H2,1-7H3/i14D2. The quantitative estimate of drug-likeness (QED) is 0.324. The van der Waals surface area contributed by atoms with Crippen LogP contribution in [0.15, 0.2) is 35.2 Å². The van der Waals surface area contributed by atoms with Crippen LogP contribution in [0.3, 0.4) is 0 Å². The van der Waals surface area contributed by atoms with Crippen LogP contribution in [0.25, 0.3) is 6.08 Å². The van der Waals surface area contributed by atoms with Crippen molar-refractivity contribution in [2.24, 2.45) is 0 Å². The van der Waals surface area contributed by atoms with Crippen molar-refractivity contribution in [1.29, 1.82) is 0 Å². The number of allylic oxidation sites excluding steroid dienone is 1. The summed E-state index contributed by atoms with van der Waals surface area (Å²) in [6, 6.07) is 8.08. The van der Waals surface area contributed by atoms with Crippen LogP contribution >= 0.6 is 0 Å². The first-order valence-electron chi connectivity index (χ1n) is 9.47. The number of hydrogen-bond donors (Lipinski definition) is 0. The number of rotatable bonds is 5. The fourth-order valence-corrected chi connectivity index (χ4v) is 3.59. The van der Waals surface area contributed by atoms with E-state index in [0.29, 0.717) is 6.42 Å². The van der Waals surface area contributed by atoms with E-state index < -0.39 is 22.5 Å². The van der Waals surface area contributed by atoms with Gasteiger partial charge in [-0.05, 0) is 35.7 Å². The normalized spacial score (nSPS) is 13.2. The average molecular weight is 343 g/mol. The van der Waals surface area contributed by atoms with Crippen LogP contribution in [0.2, 0.25) is 39.3 Å². The zero-order chi connectivity index (χ0) is 19.3. The lowest BCUT2D eigenvalue weighted by Crippen LogP contribution is -2.23. The van der Waals surface area contributed by atoms with Crippen LogP contribution in [0.1, 0.15) is 40.0 Å². The molecular formula is C21H32Si2. The molecular weight excluding hydrogens is 308 g/mol. The molecule has 0 heterocycles. The topological polar surface area (TPSA) is 0 Å². The summed E-state index contributed by atoms with van der Waals surface area (Å²) in [6.45, 7) is 15.3. The van der Waals surface area contributed by atoms with E-state index in [1.54, 1.807) is 0 Å². The predicted molar refractivity (Wildman–Crippen MR) is 111 cm³/mol. The first kappa shape index (κ1) is 16.6. The van der Waals surface area contributed by atoms with E-state index in [1.165, 1.54) is 0 Å². The van der Waals surface area contributed by atoms with Crippen molar-refractivity contribution < 1.29 is 2.74 Å². The second kappa shape index (κ2) is 8.55. The Balaban J connectivity index is 3.46. The molecule has 124 valence electrons. The van der Waals surface area contributed by atoms with E-state index >= 15 is 0 Å².